The predicted octanol–water partition coefficient (Wildman–Crippen LogP) is 4.87. The van der Waals surface area contributed by atoms with Crippen LogP contribution in [0.15, 0.2) is 41.3 Å². The van der Waals surface area contributed by atoms with Gasteiger partial charge in [-0.3, -0.25) is 14.4 Å². The largest absolute Gasteiger partial charge is 0.496 e. The smallest absolute Gasteiger partial charge is 0.398 e. The van der Waals surface area contributed by atoms with Gasteiger partial charge >= 0.3 is 9.23 Å². The second kappa shape index (κ2) is 14.3. The van der Waals surface area contributed by atoms with Gasteiger partial charge in [-0.15, -0.1) is 0 Å². The second-order valence-corrected chi connectivity index (χ2v) is 15.4. The summed E-state index contributed by atoms with van der Waals surface area (Å²) < 4.78 is 84.2. The summed E-state index contributed by atoms with van der Waals surface area (Å²) in [6.07, 6.45) is 1.71. The molecule has 2 N–H and O–H groups in total. The van der Waals surface area contributed by atoms with Crippen LogP contribution in [-0.2, 0) is 28.9 Å². The number of halogens is 4. The number of benzene rings is 2. The van der Waals surface area contributed by atoms with Crippen LogP contribution < -0.4 is 20.1 Å². The van der Waals surface area contributed by atoms with Gasteiger partial charge in [0.1, 0.15) is 5.75 Å². The zero-order valence-electron chi connectivity index (χ0n) is 25.2. The third kappa shape index (κ3) is 7.87. The number of hydrogen-bond donors (Lipinski definition) is 2. The number of esters is 1. The van der Waals surface area contributed by atoms with Crippen molar-refractivity contribution in [1.29, 1.82) is 0 Å². The van der Waals surface area contributed by atoms with Crippen molar-refractivity contribution in [3.63, 3.8) is 0 Å². The monoisotopic (exact) mass is 782 g/mol. The third-order valence-electron chi connectivity index (χ3n) is 8.23. The first kappa shape index (κ1) is 35.7. The first-order valence-corrected chi connectivity index (χ1v) is 16.9. The van der Waals surface area contributed by atoms with Gasteiger partial charge in [0.05, 0.1) is 48.7 Å². The molecule has 252 valence electrons. The molecule has 2 atom stereocenters. The van der Waals surface area contributed by atoms with E-state index in [1.165, 1.54) is 32.4 Å². The van der Waals surface area contributed by atoms with Gasteiger partial charge in [0.25, 0.3) is 15.7 Å². The number of nitrogens with one attached hydrogen (secondary N) is 2. The van der Waals surface area contributed by atoms with Gasteiger partial charge in [-0.25, -0.2) is 12.8 Å². The fourth-order valence-corrected chi connectivity index (χ4v) is 7.04. The maximum absolute atomic E-state index is 15.0. The van der Waals surface area contributed by atoms with Crippen molar-refractivity contribution in [3.05, 3.63) is 47.8 Å². The van der Waals surface area contributed by atoms with Crippen molar-refractivity contribution in [2.45, 2.75) is 59.3 Å². The first-order chi connectivity index (χ1) is 21.6. The van der Waals surface area contributed by atoms with E-state index in [9.17, 15) is 31.6 Å². The number of methoxy groups -OCH3 is 2. The molecule has 2 fully saturated rings. The van der Waals surface area contributed by atoms with Crippen LogP contribution in [0.5, 0.6) is 11.5 Å². The average molecular weight is 783 g/mol. The molecular formula is C30H34F3IN2O9S. The number of carbonyl (C=O) groups excluding carboxylic acids is 3. The molecule has 1 saturated heterocycles. The molecule has 0 unspecified atom stereocenters. The van der Waals surface area contributed by atoms with E-state index >= 15 is 4.39 Å². The molecular weight excluding hydrogens is 748 g/mol. The molecule has 0 aromatic heterocycles. The topological polar surface area (TPSA) is 146 Å². The molecule has 2 amide bonds. The summed E-state index contributed by atoms with van der Waals surface area (Å²) >= 11 is 0.522. The van der Waals surface area contributed by atoms with Crippen molar-refractivity contribution in [2.24, 2.45) is 11.3 Å². The van der Waals surface area contributed by atoms with Crippen LogP contribution in [0.4, 0.5) is 18.9 Å². The van der Waals surface area contributed by atoms with E-state index in [4.69, 9.17) is 18.9 Å². The van der Waals surface area contributed by atoms with Gasteiger partial charge in [0.2, 0.25) is 5.91 Å². The lowest BCUT2D eigenvalue weighted by molar-refractivity contribution is -0.154. The molecule has 0 bridgehead atoms. The Kier molecular flexibility index (Phi) is 11.1. The van der Waals surface area contributed by atoms with Gasteiger partial charge in [0.15, 0.2) is 11.6 Å². The van der Waals surface area contributed by atoms with Crippen LogP contribution in [0.3, 0.4) is 0 Å². The molecule has 16 heteroatoms. The summed E-state index contributed by atoms with van der Waals surface area (Å²) in [4.78, 5) is 38.2. The maximum atomic E-state index is 15.0. The Morgan fingerprint density at radius 3 is 2.39 bits per heavy atom. The highest BCUT2D eigenvalue weighted by molar-refractivity contribution is 14.1. The standard InChI is InChI=1S/C30H34F3IN2O9S/c1-29(28(39)43-3)10-7-18(8-11-29)45-25-14-20(24(42-2)15-22(25)31)26(37)36-23-9-12-44-16-21(23)27(38)35-17-5-4-6-19(13-17)46(40,41)30(32,33)34/h4-6,13-15,18,21,23H,7-12,16H2,1-3H3,(H,35,38)(H,36,37)/t18-,21-,23+,29+/m1/s1. The summed E-state index contributed by atoms with van der Waals surface area (Å²) in [5.41, 5.74) is -0.744. The van der Waals surface area contributed by atoms with Crippen LogP contribution in [0, 0.1) is 17.2 Å². The molecule has 0 spiro atoms. The predicted molar refractivity (Wildman–Crippen MR) is 167 cm³/mol. The van der Waals surface area contributed by atoms with Crippen LogP contribution >= 0.6 is 22.6 Å². The second-order valence-electron chi connectivity index (χ2n) is 11.4. The quantitative estimate of drug-likeness (QED) is 0.196. The van der Waals surface area contributed by atoms with Crippen LogP contribution in [0.25, 0.3) is 0 Å². The van der Waals surface area contributed by atoms with E-state index in [0.717, 1.165) is 18.2 Å². The molecule has 1 heterocycles. The van der Waals surface area contributed by atoms with Crippen molar-refractivity contribution >= 4 is 55.9 Å². The number of hydrogen-bond acceptors (Lipinski definition) is 9. The SMILES string of the molecule is COc1cc(F)c(O[C@H]2CC[C@@](C)(C(=O)OC)CC2)cc1C(=O)N[C@H]1CCOC[C@H]1C(=O)Nc1cccc(S(=O)(=O)C(F)(F)I)c1. The highest BCUT2D eigenvalue weighted by Gasteiger charge is 2.43. The first-order valence-electron chi connectivity index (χ1n) is 14.3. The van der Waals surface area contributed by atoms with Crippen molar-refractivity contribution in [2.75, 3.05) is 32.8 Å². The number of amides is 2. The van der Waals surface area contributed by atoms with E-state index in [0.29, 0.717) is 48.3 Å². The number of carbonyl (C=O) groups is 3. The Morgan fingerprint density at radius 2 is 1.76 bits per heavy atom. The Morgan fingerprint density at radius 1 is 1.07 bits per heavy atom. The van der Waals surface area contributed by atoms with Crippen LogP contribution in [-0.4, -0.2) is 69.0 Å². The molecule has 2 aliphatic rings. The maximum Gasteiger partial charge on any atom is 0.398 e. The number of anilines is 1. The lowest BCUT2D eigenvalue weighted by Crippen LogP contribution is -2.50. The van der Waals surface area contributed by atoms with Crippen molar-refractivity contribution < 1.29 is 54.9 Å². The summed E-state index contributed by atoms with van der Waals surface area (Å²) in [7, 11) is -2.40. The van der Waals surface area contributed by atoms with E-state index < -0.39 is 59.1 Å². The van der Waals surface area contributed by atoms with E-state index in [2.05, 4.69) is 10.6 Å². The molecule has 2 aromatic carbocycles. The Balaban J connectivity index is 1.48. The molecule has 2 aromatic rings. The molecule has 46 heavy (non-hydrogen) atoms. The Labute approximate surface area is 277 Å². The third-order valence-corrected chi connectivity index (χ3v) is 11.5. The minimum absolute atomic E-state index is 0.0426. The number of ether oxygens (including phenoxy) is 4. The van der Waals surface area contributed by atoms with Gasteiger partial charge < -0.3 is 29.6 Å². The fourth-order valence-electron chi connectivity index (χ4n) is 5.47. The van der Waals surface area contributed by atoms with Gasteiger partial charge in [-0.05, 0) is 63.3 Å². The zero-order chi connectivity index (χ0) is 33.9. The molecule has 1 saturated carbocycles. The van der Waals surface area contributed by atoms with Gasteiger partial charge in [-0.1, -0.05) is 6.07 Å². The normalized spacial score (nSPS) is 23.6. The lowest BCUT2D eigenvalue weighted by Gasteiger charge is -2.35. The average Bonchev–Trinajstić information content (AvgIpc) is 3.02. The molecule has 0 radical (unpaired) electrons. The minimum Gasteiger partial charge on any atom is -0.496 e. The highest BCUT2D eigenvalue weighted by atomic mass is 127. The summed E-state index contributed by atoms with van der Waals surface area (Å²) in [5.74, 6) is -3.57. The minimum atomic E-state index is -5.00. The van der Waals surface area contributed by atoms with Crippen molar-refractivity contribution in [1.82, 2.24) is 5.32 Å². The molecule has 1 aliphatic heterocycles. The molecule has 11 nitrogen and oxygen atoms in total. The summed E-state index contributed by atoms with van der Waals surface area (Å²) in [6, 6.07) is 5.96. The van der Waals surface area contributed by atoms with Gasteiger partial charge in [-0.2, -0.15) is 8.78 Å². The summed E-state index contributed by atoms with van der Waals surface area (Å²) in [6.45, 7) is 1.93. The fraction of sp³-hybridized carbons (Fsp3) is 0.500. The van der Waals surface area contributed by atoms with E-state index in [-0.39, 0.29) is 48.4 Å². The highest BCUT2D eigenvalue weighted by Crippen LogP contribution is 2.39. The lowest BCUT2D eigenvalue weighted by atomic mass is 9.75. The summed E-state index contributed by atoms with van der Waals surface area (Å²) in [5, 5.41) is 5.29. The molecule has 1 aliphatic carbocycles. The van der Waals surface area contributed by atoms with E-state index in [1.54, 1.807) is 0 Å². The number of rotatable bonds is 10. The number of alkyl halides is 3. The van der Waals surface area contributed by atoms with Crippen LogP contribution in [0.2, 0.25) is 0 Å². The zero-order valence-corrected chi connectivity index (χ0v) is 28.2. The van der Waals surface area contributed by atoms with E-state index in [1.807, 2.05) is 6.92 Å². The Bertz CT molecular complexity index is 1580. The number of sulfone groups is 1. The Hall–Kier alpha value is -3.12. The molecule has 4 rings (SSSR count). The van der Waals surface area contributed by atoms with Crippen LogP contribution in [0.1, 0.15) is 49.4 Å². The van der Waals surface area contributed by atoms with Gasteiger partial charge in [0, 0.05) is 47.0 Å². The van der Waals surface area contributed by atoms with Crippen molar-refractivity contribution in [3.8, 4) is 11.5 Å².